The molecule has 88 valence electrons. The number of alkyl halides is 1. The number of hydrogen-bond acceptors (Lipinski definition) is 1. The summed E-state index contributed by atoms with van der Waals surface area (Å²) >= 11 is 6.49. The maximum absolute atomic E-state index is 13.4. The van der Waals surface area contributed by atoms with Crippen molar-refractivity contribution < 1.29 is 9.18 Å². The van der Waals surface area contributed by atoms with Crippen LogP contribution in [0.25, 0.3) is 0 Å². The molecule has 0 amide bonds. The quantitative estimate of drug-likeness (QED) is 0.411. The topological polar surface area (TPSA) is 17.1 Å². The number of rotatable bonds is 6. The highest BCUT2D eigenvalue weighted by Crippen LogP contribution is 2.17. The van der Waals surface area contributed by atoms with E-state index in [2.05, 4.69) is 31.9 Å². The second-order valence-electron chi connectivity index (χ2n) is 3.55. The zero-order valence-corrected chi connectivity index (χ0v) is 12.0. The molecule has 0 bridgehead atoms. The molecule has 0 atom stereocenters. The van der Waals surface area contributed by atoms with Crippen molar-refractivity contribution in [1.29, 1.82) is 0 Å². The van der Waals surface area contributed by atoms with Gasteiger partial charge in [-0.15, -0.1) is 0 Å². The molecule has 0 aliphatic rings. The van der Waals surface area contributed by atoms with Gasteiger partial charge in [0.2, 0.25) is 0 Å². The number of hydrogen-bond donors (Lipinski definition) is 0. The van der Waals surface area contributed by atoms with Crippen LogP contribution in [-0.4, -0.2) is 11.1 Å². The van der Waals surface area contributed by atoms with Crippen LogP contribution in [0.5, 0.6) is 0 Å². The van der Waals surface area contributed by atoms with Gasteiger partial charge in [0.25, 0.3) is 0 Å². The van der Waals surface area contributed by atoms with Gasteiger partial charge in [0.1, 0.15) is 5.82 Å². The molecule has 1 aromatic rings. The van der Waals surface area contributed by atoms with Gasteiger partial charge in [0.15, 0.2) is 5.78 Å². The Morgan fingerprint density at radius 1 is 1.25 bits per heavy atom. The highest BCUT2D eigenvalue weighted by atomic mass is 79.9. The lowest BCUT2D eigenvalue weighted by Crippen LogP contribution is -2.02. The summed E-state index contributed by atoms with van der Waals surface area (Å²) in [6.45, 7) is 0. The first-order valence-corrected chi connectivity index (χ1v) is 7.11. The molecule has 0 unspecified atom stereocenters. The number of carbonyl (C=O) groups excluding carboxylic acids is 1. The average molecular weight is 352 g/mol. The summed E-state index contributed by atoms with van der Waals surface area (Å²) < 4.78 is 14.1. The van der Waals surface area contributed by atoms with Crippen molar-refractivity contribution in [2.24, 2.45) is 0 Å². The number of carbonyl (C=O) groups is 1. The summed E-state index contributed by atoms with van der Waals surface area (Å²) in [6, 6.07) is 4.55. The maximum Gasteiger partial charge on any atom is 0.165 e. The van der Waals surface area contributed by atoms with Gasteiger partial charge < -0.3 is 0 Å². The van der Waals surface area contributed by atoms with Crippen molar-refractivity contribution in [1.82, 2.24) is 0 Å². The van der Waals surface area contributed by atoms with Gasteiger partial charge in [0, 0.05) is 16.2 Å². The van der Waals surface area contributed by atoms with E-state index < -0.39 is 5.82 Å². The Morgan fingerprint density at radius 3 is 2.62 bits per heavy atom. The molecule has 0 N–H and O–H groups in total. The molecule has 1 aromatic carbocycles. The van der Waals surface area contributed by atoms with Gasteiger partial charge in [-0.2, -0.15) is 0 Å². The van der Waals surface area contributed by atoms with Crippen molar-refractivity contribution in [2.45, 2.75) is 25.7 Å². The van der Waals surface area contributed by atoms with E-state index in [9.17, 15) is 9.18 Å². The zero-order chi connectivity index (χ0) is 12.0. The van der Waals surface area contributed by atoms with E-state index in [4.69, 9.17) is 0 Å². The third kappa shape index (κ3) is 4.34. The second-order valence-corrected chi connectivity index (χ2v) is 5.26. The van der Waals surface area contributed by atoms with E-state index in [-0.39, 0.29) is 11.3 Å². The molecule has 0 saturated heterocycles. The summed E-state index contributed by atoms with van der Waals surface area (Å²) in [7, 11) is 0. The lowest BCUT2D eigenvalue weighted by Gasteiger charge is -2.02. The molecule has 1 rings (SSSR count). The van der Waals surface area contributed by atoms with E-state index in [1.54, 1.807) is 6.07 Å². The number of unbranched alkanes of at least 4 members (excludes halogenated alkanes) is 2. The Labute approximate surface area is 112 Å². The van der Waals surface area contributed by atoms with E-state index in [1.807, 2.05) is 0 Å². The third-order valence-electron chi connectivity index (χ3n) is 2.27. The molecule has 0 aliphatic heterocycles. The predicted octanol–water partition coefficient (Wildman–Crippen LogP) is 4.73. The normalized spacial score (nSPS) is 10.4. The SMILES string of the molecule is O=C(CCCCCBr)c1ccc(Br)cc1F. The molecule has 0 aliphatic carbocycles. The molecular weight excluding hydrogens is 339 g/mol. The minimum atomic E-state index is -0.445. The Kier molecular flexibility index (Phi) is 6.21. The van der Waals surface area contributed by atoms with E-state index in [1.165, 1.54) is 12.1 Å². The summed E-state index contributed by atoms with van der Waals surface area (Å²) in [5, 5.41) is 0.952. The molecule has 0 radical (unpaired) electrons. The van der Waals surface area contributed by atoms with Crippen LogP contribution in [-0.2, 0) is 0 Å². The smallest absolute Gasteiger partial charge is 0.165 e. The molecule has 16 heavy (non-hydrogen) atoms. The van der Waals surface area contributed by atoms with E-state index >= 15 is 0 Å². The average Bonchev–Trinajstić information content (AvgIpc) is 2.24. The highest BCUT2D eigenvalue weighted by Gasteiger charge is 2.11. The summed E-state index contributed by atoms with van der Waals surface area (Å²) in [6.07, 6.45) is 3.29. The van der Waals surface area contributed by atoms with Crippen LogP contribution in [0.3, 0.4) is 0 Å². The Bertz CT molecular complexity index is 366. The van der Waals surface area contributed by atoms with Crippen molar-refractivity contribution >= 4 is 37.6 Å². The third-order valence-corrected chi connectivity index (χ3v) is 3.32. The fourth-order valence-corrected chi connectivity index (χ4v) is 2.14. The van der Waals surface area contributed by atoms with Crippen LogP contribution < -0.4 is 0 Å². The molecule has 0 heterocycles. The van der Waals surface area contributed by atoms with Gasteiger partial charge in [-0.1, -0.05) is 38.3 Å². The summed E-state index contributed by atoms with van der Waals surface area (Å²) in [4.78, 5) is 11.7. The highest BCUT2D eigenvalue weighted by molar-refractivity contribution is 9.10. The van der Waals surface area contributed by atoms with E-state index in [0.717, 1.165) is 24.6 Å². The standard InChI is InChI=1S/C12H13Br2FO/c13-7-3-1-2-4-12(16)10-6-5-9(14)8-11(10)15/h5-6,8H,1-4,7H2. The summed E-state index contributed by atoms with van der Waals surface area (Å²) in [5.74, 6) is -0.556. The van der Waals surface area contributed by atoms with Crippen molar-refractivity contribution in [3.8, 4) is 0 Å². The maximum atomic E-state index is 13.4. The minimum absolute atomic E-state index is 0.112. The molecule has 0 spiro atoms. The first-order valence-electron chi connectivity index (χ1n) is 5.19. The van der Waals surface area contributed by atoms with Crippen LogP contribution in [0.15, 0.2) is 22.7 Å². The fourth-order valence-electron chi connectivity index (χ4n) is 1.41. The fraction of sp³-hybridized carbons (Fsp3) is 0.417. The molecule has 0 fully saturated rings. The largest absolute Gasteiger partial charge is 0.294 e. The Hall–Kier alpha value is -0.220. The van der Waals surface area contributed by atoms with Gasteiger partial charge in [-0.25, -0.2) is 4.39 Å². The van der Waals surface area contributed by atoms with Gasteiger partial charge in [0.05, 0.1) is 5.56 Å². The lowest BCUT2D eigenvalue weighted by molar-refractivity contribution is 0.0975. The molecule has 0 aromatic heterocycles. The monoisotopic (exact) mass is 350 g/mol. The second kappa shape index (κ2) is 7.17. The van der Waals surface area contributed by atoms with Gasteiger partial charge in [-0.05, 0) is 31.0 Å². The van der Waals surface area contributed by atoms with Crippen LogP contribution in [0.4, 0.5) is 4.39 Å². The van der Waals surface area contributed by atoms with Gasteiger partial charge >= 0.3 is 0 Å². The van der Waals surface area contributed by atoms with Crippen molar-refractivity contribution in [2.75, 3.05) is 5.33 Å². The number of Topliss-reactive ketones (excluding diaryl/α,β-unsaturated/α-hetero) is 1. The number of benzene rings is 1. The molecule has 0 saturated carbocycles. The van der Waals surface area contributed by atoms with Crippen LogP contribution in [0, 0.1) is 5.82 Å². The van der Waals surface area contributed by atoms with Crippen LogP contribution >= 0.6 is 31.9 Å². The van der Waals surface area contributed by atoms with Crippen molar-refractivity contribution in [3.05, 3.63) is 34.1 Å². The minimum Gasteiger partial charge on any atom is -0.294 e. The zero-order valence-electron chi connectivity index (χ0n) is 8.81. The van der Waals surface area contributed by atoms with Crippen LogP contribution in [0.1, 0.15) is 36.0 Å². The molecule has 4 heteroatoms. The Morgan fingerprint density at radius 2 is 2.00 bits per heavy atom. The first-order chi connectivity index (χ1) is 7.65. The van der Waals surface area contributed by atoms with E-state index in [0.29, 0.717) is 10.9 Å². The first kappa shape index (κ1) is 13.8. The molecular formula is C12H13Br2FO. The lowest BCUT2D eigenvalue weighted by atomic mass is 10.0. The Balaban J connectivity index is 2.53. The van der Waals surface area contributed by atoms with Gasteiger partial charge in [-0.3, -0.25) is 4.79 Å². The molecule has 1 nitrogen and oxygen atoms in total. The predicted molar refractivity (Wildman–Crippen MR) is 70.7 cm³/mol. The summed E-state index contributed by atoms with van der Waals surface area (Å²) in [5.41, 5.74) is 0.196. The van der Waals surface area contributed by atoms with Crippen LogP contribution in [0.2, 0.25) is 0 Å². The number of ketones is 1. The van der Waals surface area contributed by atoms with Crippen molar-refractivity contribution in [3.63, 3.8) is 0 Å². The number of halogens is 3.